The first-order chi connectivity index (χ1) is 18.3. The number of hydrogen-bond acceptors (Lipinski definition) is 7. The number of carbonyl (C=O) groups is 2. The average molecular weight is 529 g/mol. The Morgan fingerprint density at radius 1 is 1.08 bits per heavy atom. The molecule has 1 aliphatic rings. The van der Waals surface area contributed by atoms with Crippen LogP contribution in [0.4, 0.5) is 5.13 Å². The highest BCUT2D eigenvalue weighted by atomic mass is 32.1. The van der Waals surface area contributed by atoms with Crippen molar-refractivity contribution in [2.75, 3.05) is 18.6 Å². The van der Waals surface area contributed by atoms with Gasteiger partial charge in [0.15, 0.2) is 5.13 Å². The number of benzene rings is 3. The second kappa shape index (κ2) is 10.3. The van der Waals surface area contributed by atoms with Crippen molar-refractivity contribution >= 4 is 44.1 Å². The van der Waals surface area contributed by atoms with Crippen LogP contribution in [0.2, 0.25) is 0 Å². The lowest BCUT2D eigenvalue weighted by atomic mass is 9.94. The molecule has 1 unspecified atom stereocenters. The molecule has 5 rings (SSSR count). The zero-order valence-electron chi connectivity index (χ0n) is 21.6. The number of fused-ring (bicyclic) bond motifs is 1. The highest BCUT2D eigenvalue weighted by Gasteiger charge is 2.48. The molecule has 0 spiro atoms. The Morgan fingerprint density at radius 2 is 1.89 bits per heavy atom. The van der Waals surface area contributed by atoms with Crippen LogP contribution in [0.25, 0.3) is 16.0 Å². The van der Waals surface area contributed by atoms with Crippen molar-refractivity contribution in [2.45, 2.75) is 33.2 Å². The number of ether oxygens (including phenoxy) is 2. The van der Waals surface area contributed by atoms with Crippen molar-refractivity contribution in [3.05, 3.63) is 88.5 Å². The van der Waals surface area contributed by atoms with Crippen molar-refractivity contribution in [1.29, 1.82) is 0 Å². The average Bonchev–Trinajstić information content (AvgIpc) is 3.45. The second-order valence-electron chi connectivity index (χ2n) is 9.24. The maximum Gasteiger partial charge on any atom is 0.301 e. The zero-order chi connectivity index (χ0) is 27.0. The Labute approximate surface area is 225 Å². The number of hydrogen-bond donors (Lipinski definition) is 1. The number of thiazole rings is 1. The van der Waals surface area contributed by atoms with E-state index in [0.717, 1.165) is 27.8 Å². The molecule has 1 aromatic heterocycles. The lowest BCUT2D eigenvalue weighted by Gasteiger charge is -2.23. The zero-order valence-corrected chi connectivity index (χ0v) is 22.5. The molecule has 8 heteroatoms. The Hall–Kier alpha value is -4.17. The van der Waals surface area contributed by atoms with Crippen LogP contribution in [0.5, 0.6) is 11.5 Å². The van der Waals surface area contributed by atoms with Crippen LogP contribution in [0, 0.1) is 13.8 Å². The normalized spacial score (nSPS) is 16.8. The number of aryl methyl sites for hydroxylation is 2. The fraction of sp³-hybridized carbons (Fsp3) is 0.233. The minimum absolute atomic E-state index is 0.000293. The maximum atomic E-state index is 13.5. The van der Waals surface area contributed by atoms with Crippen LogP contribution in [-0.4, -0.2) is 35.5 Å². The predicted molar refractivity (Wildman–Crippen MR) is 149 cm³/mol. The van der Waals surface area contributed by atoms with Crippen LogP contribution < -0.4 is 14.4 Å². The molecule has 1 fully saturated rings. The van der Waals surface area contributed by atoms with Gasteiger partial charge in [-0.25, -0.2) is 4.98 Å². The molecule has 0 radical (unpaired) electrons. The smallest absolute Gasteiger partial charge is 0.301 e. The monoisotopic (exact) mass is 528 g/mol. The van der Waals surface area contributed by atoms with E-state index in [1.165, 1.54) is 16.2 Å². The van der Waals surface area contributed by atoms with Crippen molar-refractivity contribution in [2.24, 2.45) is 0 Å². The summed E-state index contributed by atoms with van der Waals surface area (Å²) in [5, 5.41) is 11.9. The van der Waals surface area contributed by atoms with Crippen LogP contribution in [0.1, 0.15) is 41.6 Å². The topological polar surface area (TPSA) is 89.0 Å². The van der Waals surface area contributed by atoms with Gasteiger partial charge in [-0.3, -0.25) is 14.5 Å². The van der Waals surface area contributed by atoms with Crippen LogP contribution in [0.3, 0.4) is 0 Å². The lowest BCUT2D eigenvalue weighted by Crippen LogP contribution is -2.29. The second-order valence-corrected chi connectivity index (χ2v) is 10.3. The first kappa shape index (κ1) is 25.5. The van der Waals surface area contributed by atoms with E-state index in [2.05, 4.69) is 4.98 Å². The number of aliphatic hydroxyl groups is 1. The van der Waals surface area contributed by atoms with Crippen molar-refractivity contribution in [1.82, 2.24) is 4.98 Å². The van der Waals surface area contributed by atoms with Crippen LogP contribution >= 0.6 is 11.3 Å². The van der Waals surface area contributed by atoms with Gasteiger partial charge in [0.25, 0.3) is 5.78 Å². The van der Waals surface area contributed by atoms with Gasteiger partial charge in [-0.1, -0.05) is 36.5 Å². The van der Waals surface area contributed by atoms with Gasteiger partial charge in [-0.05, 0) is 79.4 Å². The van der Waals surface area contributed by atoms with E-state index in [9.17, 15) is 14.7 Å². The van der Waals surface area contributed by atoms with Crippen molar-refractivity contribution in [3.8, 4) is 11.5 Å². The summed E-state index contributed by atoms with van der Waals surface area (Å²) >= 11 is 1.33. The number of nitrogens with zero attached hydrogens (tertiary/aromatic N) is 2. The van der Waals surface area contributed by atoms with E-state index in [4.69, 9.17) is 9.47 Å². The lowest BCUT2D eigenvalue weighted by molar-refractivity contribution is -0.132. The minimum Gasteiger partial charge on any atom is -0.507 e. The Kier molecular flexibility index (Phi) is 6.91. The van der Waals surface area contributed by atoms with Crippen molar-refractivity contribution < 1.29 is 24.2 Å². The molecule has 2 heterocycles. The summed E-state index contributed by atoms with van der Waals surface area (Å²) in [5.74, 6) is -0.482. The summed E-state index contributed by atoms with van der Waals surface area (Å²) in [6, 6.07) is 17.3. The molecular formula is C30H28N2O5S. The standard InChI is InChI=1S/C30H28N2O5S/c1-5-13-37-23-12-10-20(15-18(23)3)27(33)25-26(19-7-6-8-21(16-19)36-4)32(29(35)28(25)34)30-31-22-11-9-17(2)14-24(22)38-30/h6-12,14-16,26,33H,5,13H2,1-4H3/b27-25+. The van der Waals surface area contributed by atoms with E-state index in [0.29, 0.717) is 34.4 Å². The molecule has 1 aliphatic heterocycles. The van der Waals surface area contributed by atoms with E-state index in [-0.39, 0.29) is 11.3 Å². The van der Waals surface area contributed by atoms with Gasteiger partial charge in [0, 0.05) is 5.56 Å². The van der Waals surface area contributed by atoms with Gasteiger partial charge >= 0.3 is 5.91 Å². The van der Waals surface area contributed by atoms with Gasteiger partial charge in [-0.15, -0.1) is 0 Å². The molecule has 1 atom stereocenters. The summed E-state index contributed by atoms with van der Waals surface area (Å²) in [5.41, 5.74) is 3.68. The van der Waals surface area contributed by atoms with Gasteiger partial charge in [0.05, 0.1) is 35.5 Å². The SMILES string of the molecule is CCCOc1ccc(/C(O)=C2\C(=O)C(=O)N(c3nc4ccc(C)cc4s3)C2c2cccc(OC)c2)cc1C. The summed E-state index contributed by atoms with van der Waals surface area (Å²) in [4.78, 5) is 33.1. The van der Waals surface area contributed by atoms with E-state index < -0.39 is 17.7 Å². The number of amides is 1. The van der Waals surface area contributed by atoms with E-state index in [1.807, 2.05) is 45.0 Å². The minimum atomic E-state index is -0.886. The Balaban J connectivity index is 1.68. The predicted octanol–water partition coefficient (Wildman–Crippen LogP) is 6.34. The molecule has 7 nitrogen and oxygen atoms in total. The fourth-order valence-corrected chi connectivity index (χ4v) is 5.70. The number of aromatic nitrogens is 1. The number of carbonyl (C=O) groups excluding carboxylic acids is 2. The van der Waals surface area contributed by atoms with Gasteiger partial charge < -0.3 is 14.6 Å². The largest absolute Gasteiger partial charge is 0.507 e. The molecule has 194 valence electrons. The number of ketones is 1. The third-order valence-electron chi connectivity index (χ3n) is 6.50. The molecule has 1 N–H and O–H groups in total. The van der Waals surface area contributed by atoms with E-state index in [1.54, 1.807) is 43.5 Å². The fourth-order valence-electron chi connectivity index (χ4n) is 4.61. The van der Waals surface area contributed by atoms with Gasteiger partial charge in [-0.2, -0.15) is 0 Å². The number of anilines is 1. The molecule has 0 saturated carbocycles. The van der Waals surface area contributed by atoms with Crippen LogP contribution in [-0.2, 0) is 9.59 Å². The number of methoxy groups -OCH3 is 1. The number of rotatable bonds is 7. The molecular weight excluding hydrogens is 500 g/mol. The highest BCUT2D eigenvalue weighted by Crippen LogP contribution is 2.45. The summed E-state index contributed by atoms with van der Waals surface area (Å²) in [6.45, 7) is 6.47. The first-order valence-corrected chi connectivity index (χ1v) is 13.2. The van der Waals surface area contributed by atoms with Crippen LogP contribution in [0.15, 0.2) is 66.2 Å². The molecule has 38 heavy (non-hydrogen) atoms. The summed E-state index contributed by atoms with van der Waals surface area (Å²) in [7, 11) is 1.55. The number of aliphatic hydroxyl groups excluding tert-OH is 1. The molecule has 1 saturated heterocycles. The van der Waals surface area contributed by atoms with Gasteiger partial charge in [0.2, 0.25) is 0 Å². The third kappa shape index (κ3) is 4.52. The molecule has 1 amide bonds. The summed E-state index contributed by atoms with van der Waals surface area (Å²) in [6.07, 6.45) is 0.872. The molecule has 3 aromatic carbocycles. The molecule has 4 aromatic rings. The number of Topliss-reactive ketones (excluding diaryl/α,β-unsaturated/α-hetero) is 1. The molecule has 0 bridgehead atoms. The van der Waals surface area contributed by atoms with Crippen molar-refractivity contribution in [3.63, 3.8) is 0 Å². The Morgan fingerprint density at radius 3 is 2.63 bits per heavy atom. The quantitative estimate of drug-likeness (QED) is 0.171. The Bertz CT molecular complexity index is 1590. The third-order valence-corrected chi connectivity index (χ3v) is 7.52. The highest BCUT2D eigenvalue weighted by molar-refractivity contribution is 7.22. The van der Waals surface area contributed by atoms with Gasteiger partial charge in [0.1, 0.15) is 17.3 Å². The maximum absolute atomic E-state index is 13.5. The van der Waals surface area contributed by atoms with E-state index >= 15 is 0 Å². The molecule has 0 aliphatic carbocycles. The first-order valence-electron chi connectivity index (χ1n) is 12.4. The summed E-state index contributed by atoms with van der Waals surface area (Å²) < 4.78 is 12.1.